The third-order valence-electron chi connectivity index (χ3n) is 4.85. The van der Waals surface area contributed by atoms with E-state index in [-0.39, 0.29) is 30.7 Å². The van der Waals surface area contributed by atoms with Crippen molar-refractivity contribution in [1.82, 2.24) is 9.80 Å². The summed E-state index contributed by atoms with van der Waals surface area (Å²) in [7, 11) is 0. The van der Waals surface area contributed by atoms with E-state index in [4.69, 9.17) is 11.6 Å². The Morgan fingerprint density at radius 3 is 2.17 bits per heavy atom. The van der Waals surface area contributed by atoms with Crippen LogP contribution in [0.15, 0.2) is 42.5 Å². The van der Waals surface area contributed by atoms with Gasteiger partial charge in [-0.2, -0.15) is 0 Å². The Balaban J connectivity index is 1.41. The molecule has 0 aliphatic carbocycles. The summed E-state index contributed by atoms with van der Waals surface area (Å²) in [6.45, 7) is 5.13. The number of hydrogen-bond acceptors (Lipinski definition) is 4. The Bertz CT molecular complexity index is 885. The minimum atomic E-state index is -0.386. The molecule has 0 unspecified atom stereocenters. The molecular formula is C21H24ClFN4O2. The maximum Gasteiger partial charge on any atom is 0.238 e. The van der Waals surface area contributed by atoms with Gasteiger partial charge in [0.1, 0.15) is 5.82 Å². The quantitative estimate of drug-likeness (QED) is 0.757. The number of benzene rings is 2. The van der Waals surface area contributed by atoms with Crippen LogP contribution in [0.4, 0.5) is 15.8 Å². The van der Waals surface area contributed by atoms with E-state index in [0.29, 0.717) is 36.9 Å². The summed E-state index contributed by atoms with van der Waals surface area (Å²) < 4.78 is 13.2. The minimum Gasteiger partial charge on any atom is -0.325 e. The molecule has 1 heterocycles. The van der Waals surface area contributed by atoms with Gasteiger partial charge < -0.3 is 10.6 Å². The Morgan fingerprint density at radius 2 is 1.55 bits per heavy atom. The normalized spacial score (nSPS) is 15.1. The van der Waals surface area contributed by atoms with E-state index in [2.05, 4.69) is 15.5 Å². The van der Waals surface area contributed by atoms with Crippen LogP contribution in [0.5, 0.6) is 0 Å². The van der Waals surface area contributed by atoms with E-state index in [1.807, 2.05) is 17.9 Å². The third-order valence-corrected chi connectivity index (χ3v) is 5.26. The summed E-state index contributed by atoms with van der Waals surface area (Å²) in [4.78, 5) is 28.5. The molecule has 0 bridgehead atoms. The first-order valence-electron chi connectivity index (χ1n) is 9.46. The Labute approximate surface area is 174 Å². The SMILES string of the molecule is Cc1c(Cl)cccc1NC(=O)CN1CCN(CC(=O)Nc2cccc(F)c2)CC1. The number of rotatable bonds is 6. The topological polar surface area (TPSA) is 64.7 Å². The molecule has 0 atom stereocenters. The number of carbonyl (C=O) groups excluding carboxylic acids is 2. The molecule has 0 spiro atoms. The van der Waals surface area contributed by atoms with Crippen LogP contribution in [-0.4, -0.2) is 60.9 Å². The number of nitrogens with zero attached hydrogens (tertiary/aromatic N) is 2. The predicted octanol–water partition coefficient (Wildman–Crippen LogP) is 2.98. The second-order valence-electron chi connectivity index (χ2n) is 7.07. The molecule has 8 heteroatoms. The smallest absolute Gasteiger partial charge is 0.238 e. The largest absolute Gasteiger partial charge is 0.325 e. The van der Waals surface area contributed by atoms with E-state index in [1.54, 1.807) is 24.3 Å². The standard InChI is InChI=1S/C21H24ClFN4O2/c1-15-18(22)6-3-7-19(15)25-21(29)14-27-10-8-26(9-11-27)13-20(28)24-17-5-2-4-16(23)12-17/h2-7,12H,8-11,13-14H2,1H3,(H,24,28)(H,25,29). The highest BCUT2D eigenvalue weighted by atomic mass is 35.5. The molecule has 1 aliphatic rings. The fraction of sp³-hybridized carbons (Fsp3) is 0.333. The fourth-order valence-electron chi connectivity index (χ4n) is 3.21. The highest BCUT2D eigenvalue weighted by Crippen LogP contribution is 2.22. The summed E-state index contributed by atoms with van der Waals surface area (Å²) in [5.41, 5.74) is 2.01. The van der Waals surface area contributed by atoms with Gasteiger partial charge in [0.05, 0.1) is 13.1 Å². The first-order valence-corrected chi connectivity index (χ1v) is 9.83. The molecule has 6 nitrogen and oxygen atoms in total. The summed E-state index contributed by atoms with van der Waals surface area (Å²) in [6.07, 6.45) is 0. The molecule has 0 aromatic heterocycles. The first-order chi connectivity index (χ1) is 13.9. The van der Waals surface area contributed by atoms with Crippen LogP contribution in [0.3, 0.4) is 0 Å². The summed E-state index contributed by atoms with van der Waals surface area (Å²) in [5.74, 6) is -0.659. The molecule has 2 N–H and O–H groups in total. The van der Waals surface area contributed by atoms with Crippen LogP contribution in [0.2, 0.25) is 5.02 Å². The van der Waals surface area contributed by atoms with Crippen LogP contribution in [0.1, 0.15) is 5.56 Å². The highest BCUT2D eigenvalue weighted by molar-refractivity contribution is 6.31. The van der Waals surface area contributed by atoms with Gasteiger partial charge in [-0.25, -0.2) is 4.39 Å². The zero-order valence-corrected chi connectivity index (χ0v) is 17.0. The van der Waals surface area contributed by atoms with E-state index in [0.717, 1.165) is 11.3 Å². The van der Waals surface area contributed by atoms with Gasteiger partial charge >= 0.3 is 0 Å². The number of carbonyl (C=O) groups is 2. The van der Waals surface area contributed by atoms with Crippen molar-refractivity contribution >= 4 is 34.8 Å². The lowest BCUT2D eigenvalue weighted by atomic mass is 10.2. The molecule has 2 amide bonds. The molecule has 1 aliphatic heterocycles. The Kier molecular flexibility index (Phi) is 7.19. The first kappa shape index (κ1) is 21.2. The number of hydrogen-bond donors (Lipinski definition) is 2. The fourth-order valence-corrected chi connectivity index (χ4v) is 3.39. The number of piperazine rings is 1. The van der Waals surface area contributed by atoms with Gasteiger partial charge in [-0.1, -0.05) is 23.7 Å². The van der Waals surface area contributed by atoms with Crippen molar-refractivity contribution in [3.63, 3.8) is 0 Å². The number of nitrogens with one attached hydrogen (secondary N) is 2. The monoisotopic (exact) mass is 418 g/mol. The number of anilines is 2. The van der Waals surface area contributed by atoms with Gasteiger partial charge in [-0.05, 0) is 42.8 Å². The minimum absolute atomic E-state index is 0.0901. The van der Waals surface area contributed by atoms with Crippen molar-refractivity contribution < 1.29 is 14.0 Å². The highest BCUT2D eigenvalue weighted by Gasteiger charge is 2.21. The lowest BCUT2D eigenvalue weighted by molar-refractivity contribution is -0.120. The van der Waals surface area contributed by atoms with Crippen molar-refractivity contribution in [3.05, 3.63) is 58.9 Å². The van der Waals surface area contributed by atoms with Crippen molar-refractivity contribution in [2.24, 2.45) is 0 Å². The molecule has 3 rings (SSSR count). The second-order valence-corrected chi connectivity index (χ2v) is 7.48. The molecule has 1 fully saturated rings. The van der Waals surface area contributed by atoms with E-state index in [1.165, 1.54) is 12.1 Å². The van der Waals surface area contributed by atoms with Crippen molar-refractivity contribution in [2.75, 3.05) is 49.9 Å². The summed E-state index contributed by atoms with van der Waals surface area (Å²) in [5, 5.41) is 6.22. The zero-order valence-electron chi connectivity index (χ0n) is 16.3. The third kappa shape index (κ3) is 6.25. The van der Waals surface area contributed by atoms with E-state index < -0.39 is 0 Å². The number of amides is 2. The van der Waals surface area contributed by atoms with E-state index >= 15 is 0 Å². The van der Waals surface area contributed by atoms with Gasteiger partial charge in [0.2, 0.25) is 11.8 Å². The molecule has 29 heavy (non-hydrogen) atoms. The lowest BCUT2D eigenvalue weighted by Crippen LogP contribution is -2.50. The summed E-state index contributed by atoms with van der Waals surface area (Å²) in [6, 6.07) is 11.2. The van der Waals surface area contributed by atoms with Crippen LogP contribution in [-0.2, 0) is 9.59 Å². The summed E-state index contributed by atoms with van der Waals surface area (Å²) >= 11 is 6.09. The van der Waals surface area contributed by atoms with Crippen LogP contribution in [0.25, 0.3) is 0 Å². The van der Waals surface area contributed by atoms with Gasteiger partial charge in [0.25, 0.3) is 0 Å². The predicted molar refractivity (Wildman–Crippen MR) is 113 cm³/mol. The van der Waals surface area contributed by atoms with Gasteiger partial charge in [-0.15, -0.1) is 0 Å². The lowest BCUT2D eigenvalue weighted by Gasteiger charge is -2.33. The van der Waals surface area contributed by atoms with Crippen molar-refractivity contribution in [3.8, 4) is 0 Å². The zero-order chi connectivity index (χ0) is 20.8. The Morgan fingerprint density at radius 1 is 0.966 bits per heavy atom. The average Bonchev–Trinajstić information content (AvgIpc) is 2.67. The van der Waals surface area contributed by atoms with Crippen molar-refractivity contribution in [2.45, 2.75) is 6.92 Å². The molecule has 154 valence electrons. The number of halogens is 2. The van der Waals surface area contributed by atoms with Gasteiger partial charge in [0, 0.05) is 42.6 Å². The molecule has 0 saturated carbocycles. The van der Waals surface area contributed by atoms with Crippen molar-refractivity contribution in [1.29, 1.82) is 0 Å². The van der Waals surface area contributed by atoms with Crippen LogP contribution < -0.4 is 10.6 Å². The van der Waals surface area contributed by atoms with Gasteiger partial charge in [0.15, 0.2) is 0 Å². The van der Waals surface area contributed by atoms with Gasteiger partial charge in [-0.3, -0.25) is 19.4 Å². The maximum absolute atomic E-state index is 13.2. The molecule has 0 radical (unpaired) electrons. The second kappa shape index (κ2) is 9.82. The maximum atomic E-state index is 13.2. The average molecular weight is 419 g/mol. The van der Waals surface area contributed by atoms with E-state index in [9.17, 15) is 14.0 Å². The van der Waals surface area contributed by atoms with Crippen LogP contribution >= 0.6 is 11.6 Å². The molecular weight excluding hydrogens is 395 g/mol. The molecule has 2 aromatic carbocycles. The Hall–Kier alpha value is -2.48. The van der Waals surface area contributed by atoms with Crippen LogP contribution in [0, 0.1) is 12.7 Å². The molecule has 2 aromatic rings. The molecule has 1 saturated heterocycles.